The van der Waals surface area contributed by atoms with Gasteiger partial charge >= 0.3 is 6.03 Å². The van der Waals surface area contributed by atoms with Crippen molar-refractivity contribution in [2.45, 2.75) is 38.1 Å². The van der Waals surface area contributed by atoms with Gasteiger partial charge in [-0.25, -0.2) is 4.79 Å². The molecular formula is C21H21N5O4S. The fourth-order valence-corrected chi connectivity index (χ4v) is 3.91. The van der Waals surface area contributed by atoms with Gasteiger partial charge in [0.15, 0.2) is 0 Å². The van der Waals surface area contributed by atoms with Gasteiger partial charge in [0.05, 0.1) is 4.88 Å². The van der Waals surface area contributed by atoms with Gasteiger partial charge in [0.2, 0.25) is 17.6 Å². The molecule has 1 saturated heterocycles. The highest BCUT2D eigenvalue weighted by Crippen LogP contribution is 2.23. The SMILES string of the molecule is C[C@@]1(CCc2ccccc2)NC(=O)N(NC(=O)CCc2nc(-c3cccs3)no2)C1=O. The third kappa shape index (κ3) is 4.64. The number of rotatable bonds is 8. The van der Waals surface area contributed by atoms with E-state index in [1.807, 2.05) is 47.8 Å². The van der Waals surface area contributed by atoms with E-state index in [9.17, 15) is 14.4 Å². The number of carbonyl (C=O) groups is 3. The Balaban J connectivity index is 1.30. The summed E-state index contributed by atoms with van der Waals surface area (Å²) in [6.45, 7) is 1.66. The van der Waals surface area contributed by atoms with Crippen LogP contribution in [-0.2, 0) is 22.4 Å². The molecule has 2 aromatic heterocycles. The van der Waals surface area contributed by atoms with Crippen molar-refractivity contribution in [3.63, 3.8) is 0 Å². The van der Waals surface area contributed by atoms with Gasteiger partial charge in [-0.1, -0.05) is 41.6 Å². The van der Waals surface area contributed by atoms with Gasteiger partial charge in [0.25, 0.3) is 5.91 Å². The van der Waals surface area contributed by atoms with Gasteiger partial charge in [0, 0.05) is 12.8 Å². The van der Waals surface area contributed by atoms with Gasteiger partial charge in [-0.2, -0.15) is 9.99 Å². The minimum absolute atomic E-state index is 0.0101. The van der Waals surface area contributed by atoms with Crippen molar-refractivity contribution in [2.75, 3.05) is 0 Å². The maximum absolute atomic E-state index is 12.8. The lowest BCUT2D eigenvalue weighted by molar-refractivity contribution is -0.138. The first-order valence-corrected chi connectivity index (χ1v) is 10.7. The summed E-state index contributed by atoms with van der Waals surface area (Å²) in [4.78, 5) is 42.5. The third-order valence-corrected chi connectivity index (χ3v) is 5.90. The number of urea groups is 1. The maximum Gasteiger partial charge on any atom is 0.344 e. The summed E-state index contributed by atoms with van der Waals surface area (Å²) in [5.74, 6) is -0.205. The fourth-order valence-electron chi connectivity index (χ4n) is 3.26. The molecular weight excluding hydrogens is 418 g/mol. The zero-order valence-corrected chi connectivity index (χ0v) is 17.6. The lowest BCUT2D eigenvalue weighted by atomic mass is 9.93. The van der Waals surface area contributed by atoms with Crippen LogP contribution in [0.2, 0.25) is 0 Å². The molecule has 3 heterocycles. The van der Waals surface area contributed by atoms with Crippen molar-refractivity contribution in [2.24, 2.45) is 0 Å². The number of aromatic nitrogens is 2. The highest BCUT2D eigenvalue weighted by molar-refractivity contribution is 7.13. The minimum atomic E-state index is -1.08. The molecule has 0 aliphatic carbocycles. The van der Waals surface area contributed by atoms with Gasteiger partial charge < -0.3 is 9.84 Å². The predicted molar refractivity (Wildman–Crippen MR) is 113 cm³/mol. The second-order valence-electron chi connectivity index (χ2n) is 7.41. The van der Waals surface area contributed by atoms with E-state index in [0.29, 0.717) is 24.6 Å². The molecule has 4 rings (SSSR count). The molecule has 0 unspecified atom stereocenters. The zero-order valence-electron chi connectivity index (χ0n) is 16.8. The number of aryl methyl sites for hydroxylation is 2. The van der Waals surface area contributed by atoms with Crippen LogP contribution >= 0.6 is 11.3 Å². The topological polar surface area (TPSA) is 117 Å². The number of carbonyl (C=O) groups excluding carboxylic acids is 3. The van der Waals surface area contributed by atoms with E-state index in [-0.39, 0.29) is 12.8 Å². The third-order valence-electron chi connectivity index (χ3n) is 5.03. The summed E-state index contributed by atoms with van der Waals surface area (Å²) >= 11 is 1.48. The molecule has 9 nitrogen and oxygen atoms in total. The molecule has 1 aromatic carbocycles. The van der Waals surface area contributed by atoms with Crippen LogP contribution < -0.4 is 10.7 Å². The largest absolute Gasteiger partial charge is 0.344 e. The Morgan fingerprint density at radius 1 is 1.19 bits per heavy atom. The summed E-state index contributed by atoms with van der Waals surface area (Å²) in [5, 5.41) is 9.23. The van der Waals surface area contributed by atoms with E-state index in [2.05, 4.69) is 20.9 Å². The van der Waals surface area contributed by atoms with Crippen molar-refractivity contribution >= 4 is 29.2 Å². The number of amides is 4. The van der Waals surface area contributed by atoms with Crippen molar-refractivity contribution in [3.05, 3.63) is 59.3 Å². The molecule has 3 aromatic rings. The molecule has 4 amide bonds. The van der Waals surface area contributed by atoms with Crippen molar-refractivity contribution in [3.8, 4) is 10.7 Å². The molecule has 160 valence electrons. The second-order valence-corrected chi connectivity index (χ2v) is 8.36. The van der Waals surface area contributed by atoms with Gasteiger partial charge in [-0.15, -0.1) is 11.3 Å². The Morgan fingerprint density at radius 3 is 2.74 bits per heavy atom. The van der Waals surface area contributed by atoms with Crippen LogP contribution in [0.15, 0.2) is 52.4 Å². The van der Waals surface area contributed by atoms with Crippen molar-refractivity contribution in [1.82, 2.24) is 25.9 Å². The van der Waals surface area contributed by atoms with E-state index >= 15 is 0 Å². The van der Waals surface area contributed by atoms with Crippen molar-refractivity contribution < 1.29 is 18.9 Å². The lowest BCUT2D eigenvalue weighted by Crippen LogP contribution is -2.49. The Labute approximate surface area is 182 Å². The van der Waals surface area contributed by atoms with Crippen molar-refractivity contribution in [1.29, 1.82) is 0 Å². The lowest BCUT2D eigenvalue weighted by Gasteiger charge is -2.21. The molecule has 0 bridgehead atoms. The molecule has 10 heteroatoms. The molecule has 1 fully saturated rings. The van der Waals surface area contributed by atoms with Gasteiger partial charge in [-0.05, 0) is 36.8 Å². The number of hydrazine groups is 1. The standard InChI is InChI=1S/C21H21N5O4S/c1-21(12-11-14-6-3-2-4-7-14)19(28)26(20(29)23-21)24-16(27)9-10-17-22-18(25-30-17)15-8-5-13-31-15/h2-8,13H,9-12H2,1H3,(H,23,29)(H,24,27)/t21-/m0/s1. The fraction of sp³-hybridized carbons (Fsp3) is 0.286. The number of thiophene rings is 1. The van der Waals surface area contributed by atoms with Crippen LogP contribution in [0.3, 0.4) is 0 Å². The van der Waals surface area contributed by atoms with Crippen LogP contribution in [0.5, 0.6) is 0 Å². The summed E-state index contributed by atoms with van der Waals surface area (Å²) in [5.41, 5.74) is 2.36. The number of imide groups is 1. The summed E-state index contributed by atoms with van der Waals surface area (Å²) in [6.07, 6.45) is 1.22. The van der Waals surface area contributed by atoms with E-state index < -0.39 is 23.4 Å². The molecule has 0 saturated carbocycles. The first kappa shape index (κ1) is 20.7. The van der Waals surface area contributed by atoms with Crippen LogP contribution in [0.25, 0.3) is 10.7 Å². The van der Waals surface area contributed by atoms with Crippen LogP contribution in [0, 0.1) is 0 Å². The number of nitrogens with zero attached hydrogens (tertiary/aromatic N) is 3. The minimum Gasteiger partial charge on any atom is -0.339 e. The first-order valence-electron chi connectivity index (χ1n) is 9.81. The predicted octanol–water partition coefficient (Wildman–Crippen LogP) is 2.71. The molecule has 1 atom stereocenters. The molecule has 0 spiro atoms. The highest BCUT2D eigenvalue weighted by atomic mass is 32.1. The molecule has 0 radical (unpaired) electrons. The number of hydrogen-bond donors (Lipinski definition) is 2. The van der Waals surface area contributed by atoms with E-state index in [4.69, 9.17) is 4.52 Å². The van der Waals surface area contributed by atoms with Gasteiger partial charge in [0.1, 0.15) is 5.54 Å². The monoisotopic (exact) mass is 439 g/mol. The summed E-state index contributed by atoms with van der Waals surface area (Å²) in [7, 11) is 0. The molecule has 1 aliphatic rings. The van der Waals surface area contributed by atoms with Gasteiger partial charge in [-0.3, -0.25) is 15.0 Å². The van der Waals surface area contributed by atoms with E-state index in [1.54, 1.807) is 6.92 Å². The summed E-state index contributed by atoms with van der Waals surface area (Å²) in [6, 6.07) is 12.8. The average molecular weight is 439 g/mol. The summed E-state index contributed by atoms with van der Waals surface area (Å²) < 4.78 is 5.16. The maximum atomic E-state index is 12.8. The Bertz CT molecular complexity index is 1080. The highest BCUT2D eigenvalue weighted by Gasteiger charge is 2.48. The smallest absolute Gasteiger partial charge is 0.339 e. The Kier molecular flexibility index (Phi) is 5.81. The Morgan fingerprint density at radius 2 is 2.00 bits per heavy atom. The second kappa shape index (κ2) is 8.68. The zero-order chi connectivity index (χ0) is 21.8. The van der Waals surface area contributed by atoms with Crippen LogP contribution in [-0.4, -0.2) is 38.5 Å². The van der Waals surface area contributed by atoms with Crippen LogP contribution in [0.1, 0.15) is 31.2 Å². The normalized spacial score (nSPS) is 18.3. The molecule has 31 heavy (non-hydrogen) atoms. The quantitative estimate of drug-likeness (QED) is 0.521. The van der Waals surface area contributed by atoms with E-state index in [0.717, 1.165) is 15.4 Å². The average Bonchev–Trinajstić information content (AvgIpc) is 3.50. The Hall–Kier alpha value is -3.53. The number of hydrogen-bond acceptors (Lipinski definition) is 7. The van der Waals surface area contributed by atoms with Crippen LogP contribution in [0.4, 0.5) is 4.79 Å². The number of nitrogens with one attached hydrogen (secondary N) is 2. The number of benzene rings is 1. The first-order chi connectivity index (χ1) is 14.9. The molecule has 2 N–H and O–H groups in total. The molecule has 1 aliphatic heterocycles. The van der Waals surface area contributed by atoms with E-state index in [1.165, 1.54) is 11.3 Å².